The first-order valence-electron chi connectivity index (χ1n) is 6.01. The topological polar surface area (TPSA) is 35.2 Å². The number of halogens is 3. The molecule has 0 aromatic heterocycles. The molecule has 0 unspecified atom stereocenters. The largest absolute Gasteiger partial charge is 0.487 e. The van der Waals surface area contributed by atoms with Gasteiger partial charge in [-0.1, -0.05) is 18.2 Å². The molecule has 0 spiro atoms. The Hall–Kier alpha value is -2.17. The number of rotatable bonds is 3. The van der Waals surface area contributed by atoms with E-state index in [9.17, 15) is 13.2 Å². The summed E-state index contributed by atoms with van der Waals surface area (Å²) in [4.78, 5) is 0. The van der Waals surface area contributed by atoms with Gasteiger partial charge in [0.2, 0.25) is 0 Å². The van der Waals surface area contributed by atoms with E-state index in [-0.39, 0.29) is 6.61 Å². The zero-order valence-electron chi connectivity index (χ0n) is 10.9. The molecule has 2 nitrogen and oxygen atoms in total. The van der Waals surface area contributed by atoms with Gasteiger partial charge in [0.05, 0.1) is 11.3 Å². The molecule has 0 radical (unpaired) electrons. The van der Waals surface area contributed by atoms with Gasteiger partial charge in [0.25, 0.3) is 0 Å². The Bertz CT molecular complexity index is 591. The second-order valence-electron chi connectivity index (χ2n) is 4.52. The molecule has 0 saturated heterocycles. The molecule has 0 heterocycles. The Morgan fingerprint density at radius 1 is 1.05 bits per heavy atom. The second kappa shape index (κ2) is 5.45. The van der Waals surface area contributed by atoms with Crippen molar-refractivity contribution in [3.63, 3.8) is 0 Å². The molecule has 0 saturated carbocycles. The fraction of sp³-hybridized carbons (Fsp3) is 0.200. The molecule has 2 rings (SSSR count). The molecule has 0 aliphatic carbocycles. The number of aryl methyl sites for hydroxylation is 1. The van der Waals surface area contributed by atoms with Crippen molar-refractivity contribution in [1.82, 2.24) is 0 Å². The van der Waals surface area contributed by atoms with Crippen LogP contribution < -0.4 is 10.5 Å². The summed E-state index contributed by atoms with van der Waals surface area (Å²) in [5, 5.41) is 0. The fourth-order valence-electron chi connectivity index (χ4n) is 1.75. The zero-order chi connectivity index (χ0) is 14.8. The molecule has 2 aromatic carbocycles. The average Bonchev–Trinajstić information content (AvgIpc) is 2.37. The van der Waals surface area contributed by atoms with Crippen LogP contribution in [0.25, 0.3) is 0 Å². The van der Waals surface area contributed by atoms with E-state index in [1.54, 1.807) is 12.1 Å². The van der Waals surface area contributed by atoms with Crippen LogP contribution in [0.2, 0.25) is 0 Å². The molecule has 5 heteroatoms. The molecule has 0 atom stereocenters. The van der Waals surface area contributed by atoms with Crippen molar-refractivity contribution >= 4 is 5.69 Å². The summed E-state index contributed by atoms with van der Waals surface area (Å²) in [6, 6.07) is 10.3. The van der Waals surface area contributed by atoms with Crippen LogP contribution in [0, 0.1) is 6.92 Å². The van der Waals surface area contributed by atoms with Crippen molar-refractivity contribution < 1.29 is 17.9 Å². The third kappa shape index (κ3) is 3.44. The lowest BCUT2D eigenvalue weighted by Crippen LogP contribution is -2.05. The van der Waals surface area contributed by atoms with Crippen LogP contribution in [0.3, 0.4) is 0 Å². The predicted octanol–water partition coefficient (Wildman–Crippen LogP) is 4.18. The third-order valence-electron chi connectivity index (χ3n) is 2.84. The molecular weight excluding hydrogens is 267 g/mol. The van der Waals surface area contributed by atoms with Gasteiger partial charge in [-0.05, 0) is 42.3 Å². The quantitative estimate of drug-likeness (QED) is 0.857. The molecule has 0 aliphatic rings. The number of hydrogen-bond donors (Lipinski definition) is 1. The van der Waals surface area contributed by atoms with Crippen molar-refractivity contribution in [3.05, 3.63) is 59.2 Å². The monoisotopic (exact) mass is 281 g/mol. The van der Waals surface area contributed by atoms with Crippen LogP contribution in [-0.2, 0) is 12.8 Å². The lowest BCUT2D eigenvalue weighted by molar-refractivity contribution is -0.137. The lowest BCUT2D eigenvalue weighted by atomic mass is 10.1. The van der Waals surface area contributed by atoms with Gasteiger partial charge in [0.1, 0.15) is 12.4 Å². The Balaban J connectivity index is 2.04. The molecule has 0 amide bonds. The van der Waals surface area contributed by atoms with Crippen LogP contribution in [0.5, 0.6) is 5.75 Å². The molecule has 2 N–H and O–H groups in total. The van der Waals surface area contributed by atoms with E-state index in [0.29, 0.717) is 17.0 Å². The maximum Gasteiger partial charge on any atom is 0.416 e. The number of ether oxygens (including phenoxy) is 1. The Morgan fingerprint density at radius 2 is 1.70 bits per heavy atom. The van der Waals surface area contributed by atoms with Crippen LogP contribution >= 0.6 is 0 Å². The number of benzene rings is 2. The molecule has 2 aromatic rings. The first-order valence-corrected chi connectivity index (χ1v) is 6.01. The van der Waals surface area contributed by atoms with Gasteiger partial charge in [-0.15, -0.1) is 0 Å². The summed E-state index contributed by atoms with van der Waals surface area (Å²) in [6.07, 6.45) is -4.32. The normalized spacial score (nSPS) is 11.4. The summed E-state index contributed by atoms with van der Waals surface area (Å²) in [7, 11) is 0. The summed E-state index contributed by atoms with van der Waals surface area (Å²) >= 11 is 0. The standard InChI is InChI=1S/C15H14F3NO/c1-10-2-7-14(13(19)8-10)20-9-11-3-5-12(6-4-11)15(16,17)18/h2-8H,9,19H2,1H3. The highest BCUT2D eigenvalue weighted by molar-refractivity contribution is 5.54. The van der Waals surface area contributed by atoms with Crippen molar-refractivity contribution in [3.8, 4) is 5.75 Å². The van der Waals surface area contributed by atoms with E-state index in [0.717, 1.165) is 17.7 Å². The highest BCUT2D eigenvalue weighted by atomic mass is 19.4. The maximum absolute atomic E-state index is 12.4. The molecule has 106 valence electrons. The summed E-state index contributed by atoms with van der Waals surface area (Å²) in [6.45, 7) is 2.08. The smallest absolute Gasteiger partial charge is 0.416 e. The van der Waals surface area contributed by atoms with E-state index in [2.05, 4.69) is 0 Å². The van der Waals surface area contributed by atoms with Gasteiger partial charge in [-0.3, -0.25) is 0 Å². The fourth-order valence-corrected chi connectivity index (χ4v) is 1.75. The van der Waals surface area contributed by atoms with E-state index >= 15 is 0 Å². The van der Waals surface area contributed by atoms with Gasteiger partial charge >= 0.3 is 6.18 Å². The van der Waals surface area contributed by atoms with E-state index in [1.165, 1.54) is 12.1 Å². The summed E-state index contributed by atoms with van der Waals surface area (Å²) < 4.78 is 42.7. The Kier molecular flexibility index (Phi) is 3.88. The average molecular weight is 281 g/mol. The van der Waals surface area contributed by atoms with Crippen LogP contribution in [0.15, 0.2) is 42.5 Å². The van der Waals surface area contributed by atoms with E-state index in [4.69, 9.17) is 10.5 Å². The number of anilines is 1. The van der Waals surface area contributed by atoms with Gasteiger partial charge in [-0.25, -0.2) is 0 Å². The zero-order valence-corrected chi connectivity index (χ0v) is 10.9. The number of nitrogen functional groups attached to an aromatic ring is 1. The minimum atomic E-state index is -4.32. The first kappa shape index (κ1) is 14.2. The SMILES string of the molecule is Cc1ccc(OCc2ccc(C(F)(F)F)cc2)c(N)c1. The molecule has 0 aliphatic heterocycles. The van der Waals surface area contributed by atoms with Gasteiger partial charge in [0, 0.05) is 0 Å². The van der Waals surface area contributed by atoms with Crippen LogP contribution in [-0.4, -0.2) is 0 Å². The lowest BCUT2D eigenvalue weighted by Gasteiger charge is -2.11. The predicted molar refractivity (Wildman–Crippen MR) is 71.4 cm³/mol. The second-order valence-corrected chi connectivity index (χ2v) is 4.52. The Morgan fingerprint density at radius 3 is 2.25 bits per heavy atom. The molecule has 0 bridgehead atoms. The molecular formula is C15H14F3NO. The van der Waals surface area contributed by atoms with Crippen LogP contribution in [0.4, 0.5) is 18.9 Å². The maximum atomic E-state index is 12.4. The van der Waals surface area contributed by atoms with Crippen molar-refractivity contribution in [2.75, 3.05) is 5.73 Å². The summed E-state index contributed by atoms with van der Waals surface area (Å²) in [5.41, 5.74) is 7.30. The minimum Gasteiger partial charge on any atom is -0.487 e. The van der Waals surface area contributed by atoms with Gasteiger partial charge in [-0.2, -0.15) is 13.2 Å². The highest BCUT2D eigenvalue weighted by Crippen LogP contribution is 2.29. The summed E-state index contributed by atoms with van der Waals surface area (Å²) in [5.74, 6) is 0.524. The van der Waals surface area contributed by atoms with Gasteiger partial charge in [0.15, 0.2) is 0 Å². The highest BCUT2D eigenvalue weighted by Gasteiger charge is 2.29. The molecule has 0 fully saturated rings. The Labute approximate surface area is 115 Å². The van der Waals surface area contributed by atoms with E-state index < -0.39 is 11.7 Å². The first-order chi connectivity index (χ1) is 9.36. The minimum absolute atomic E-state index is 0.172. The number of alkyl halides is 3. The van der Waals surface area contributed by atoms with Crippen molar-refractivity contribution in [1.29, 1.82) is 0 Å². The number of nitrogens with two attached hydrogens (primary N) is 1. The number of hydrogen-bond acceptors (Lipinski definition) is 2. The van der Waals surface area contributed by atoms with Crippen molar-refractivity contribution in [2.45, 2.75) is 19.7 Å². The van der Waals surface area contributed by atoms with Gasteiger partial charge < -0.3 is 10.5 Å². The van der Waals surface area contributed by atoms with E-state index in [1.807, 2.05) is 13.0 Å². The molecule has 20 heavy (non-hydrogen) atoms. The third-order valence-corrected chi connectivity index (χ3v) is 2.84. The van der Waals surface area contributed by atoms with Crippen molar-refractivity contribution in [2.24, 2.45) is 0 Å². The van der Waals surface area contributed by atoms with Crippen LogP contribution in [0.1, 0.15) is 16.7 Å².